The Morgan fingerprint density at radius 2 is 1.93 bits per heavy atom. The molecular formula is C21H20ClN3O3. The number of esters is 1. The first-order valence-corrected chi connectivity index (χ1v) is 9.27. The molecule has 144 valence electrons. The zero-order valence-corrected chi connectivity index (χ0v) is 16.1. The van der Waals surface area contributed by atoms with Gasteiger partial charge in [0.15, 0.2) is 0 Å². The first-order valence-electron chi connectivity index (χ1n) is 8.89. The Labute approximate surface area is 168 Å². The van der Waals surface area contributed by atoms with Gasteiger partial charge in [-0.2, -0.15) is 5.10 Å². The maximum Gasteiger partial charge on any atom is 0.325 e. The van der Waals surface area contributed by atoms with Crippen LogP contribution in [0.4, 0.5) is 0 Å². The standard InChI is InChI=1S/C21H20ClN3O3/c1-2-19-18(12-24-25(19)17-10-6-9-16(22)11-17)21(27)23-13-20(26)28-14-15-7-4-3-5-8-15/h3-12H,2,13-14H2,1H3,(H,23,27). The van der Waals surface area contributed by atoms with Crippen LogP contribution in [0.2, 0.25) is 5.02 Å². The Balaban J connectivity index is 1.62. The highest BCUT2D eigenvalue weighted by molar-refractivity contribution is 6.30. The predicted molar refractivity (Wildman–Crippen MR) is 107 cm³/mol. The number of benzene rings is 2. The highest BCUT2D eigenvalue weighted by Crippen LogP contribution is 2.19. The lowest BCUT2D eigenvalue weighted by molar-refractivity contribution is -0.143. The number of rotatable bonds is 7. The van der Waals surface area contributed by atoms with Gasteiger partial charge in [-0.15, -0.1) is 0 Å². The number of nitrogens with one attached hydrogen (secondary N) is 1. The highest BCUT2D eigenvalue weighted by Gasteiger charge is 2.18. The van der Waals surface area contributed by atoms with Crippen LogP contribution in [0.5, 0.6) is 0 Å². The van der Waals surface area contributed by atoms with Gasteiger partial charge in [0.05, 0.1) is 23.1 Å². The molecule has 0 saturated heterocycles. The zero-order chi connectivity index (χ0) is 19.9. The summed E-state index contributed by atoms with van der Waals surface area (Å²) in [6, 6.07) is 16.6. The van der Waals surface area contributed by atoms with Gasteiger partial charge in [0.1, 0.15) is 13.2 Å². The van der Waals surface area contributed by atoms with Gasteiger partial charge < -0.3 is 10.1 Å². The van der Waals surface area contributed by atoms with E-state index in [0.717, 1.165) is 16.9 Å². The summed E-state index contributed by atoms with van der Waals surface area (Å²) in [4.78, 5) is 24.4. The number of carbonyl (C=O) groups is 2. The number of ether oxygens (including phenoxy) is 1. The van der Waals surface area contributed by atoms with E-state index in [-0.39, 0.29) is 19.1 Å². The fourth-order valence-corrected chi connectivity index (χ4v) is 2.96. The van der Waals surface area contributed by atoms with Gasteiger partial charge in [-0.05, 0) is 30.2 Å². The second kappa shape index (κ2) is 9.19. The van der Waals surface area contributed by atoms with Crippen molar-refractivity contribution in [2.45, 2.75) is 20.0 Å². The van der Waals surface area contributed by atoms with Crippen molar-refractivity contribution in [3.63, 3.8) is 0 Å². The zero-order valence-electron chi connectivity index (χ0n) is 15.4. The highest BCUT2D eigenvalue weighted by atomic mass is 35.5. The lowest BCUT2D eigenvalue weighted by atomic mass is 10.2. The van der Waals surface area contributed by atoms with Crippen LogP contribution in [0, 0.1) is 0 Å². The Morgan fingerprint density at radius 1 is 1.14 bits per heavy atom. The molecule has 1 heterocycles. The molecule has 3 rings (SSSR count). The smallest absolute Gasteiger partial charge is 0.325 e. The van der Waals surface area contributed by atoms with Gasteiger partial charge in [-0.1, -0.05) is 54.9 Å². The van der Waals surface area contributed by atoms with E-state index in [9.17, 15) is 9.59 Å². The minimum Gasteiger partial charge on any atom is -0.460 e. The number of nitrogens with zero attached hydrogens (tertiary/aromatic N) is 2. The van der Waals surface area contributed by atoms with Gasteiger partial charge in [-0.25, -0.2) is 4.68 Å². The third-order valence-corrected chi connectivity index (χ3v) is 4.37. The summed E-state index contributed by atoms with van der Waals surface area (Å²) in [5.41, 5.74) is 2.81. The van der Waals surface area contributed by atoms with E-state index in [0.29, 0.717) is 17.0 Å². The van der Waals surface area contributed by atoms with E-state index >= 15 is 0 Å². The van der Waals surface area contributed by atoms with Gasteiger partial charge in [0.2, 0.25) is 0 Å². The van der Waals surface area contributed by atoms with E-state index in [1.807, 2.05) is 49.4 Å². The topological polar surface area (TPSA) is 73.2 Å². The Kier molecular flexibility index (Phi) is 6.45. The fourth-order valence-electron chi connectivity index (χ4n) is 2.77. The van der Waals surface area contributed by atoms with Crippen molar-refractivity contribution in [2.75, 3.05) is 6.54 Å². The monoisotopic (exact) mass is 397 g/mol. The van der Waals surface area contributed by atoms with Crippen LogP contribution in [-0.2, 0) is 22.6 Å². The van der Waals surface area contributed by atoms with Crippen LogP contribution < -0.4 is 5.32 Å². The van der Waals surface area contributed by atoms with Crippen LogP contribution in [-0.4, -0.2) is 28.2 Å². The van der Waals surface area contributed by atoms with Crippen molar-refractivity contribution < 1.29 is 14.3 Å². The summed E-state index contributed by atoms with van der Waals surface area (Å²) in [6.45, 7) is 1.89. The molecule has 0 fully saturated rings. The largest absolute Gasteiger partial charge is 0.460 e. The number of aromatic nitrogens is 2. The molecule has 1 N–H and O–H groups in total. The Hall–Kier alpha value is -3.12. The molecule has 0 aliphatic rings. The molecule has 0 unspecified atom stereocenters. The van der Waals surface area contributed by atoms with Crippen molar-refractivity contribution in [1.29, 1.82) is 0 Å². The molecule has 3 aromatic rings. The molecule has 6 nitrogen and oxygen atoms in total. The first kappa shape index (κ1) is 19.6. The van der Waals surface area contributed by atoms with Crippen LogP contribution in [0.15, 0.2) is 60.8 Å². The lowest BCUT2D eigenvalue weighted by Crippen LogP contribution is -2.31. The summed E-state index contributed by atoms with van der Waals surface area (Å²) >= 11 is 6.05. The maximum atomic E-state index is 12.5. The van der Waals surface area contributed by atoms with E-state index in [4.69, 9.17) is 16.3 Å². The molecule has 28 heavy (non-hydrogen) atoms. The number of hydrogen-bond acceptors (Lipinski definition) is 4. The van der Waals surface area contributed by atoms with Gasteiger partial charge in [0, 0.05) is 5.02 Å². The van der Waals surface area contributed by atoms with Crippen molar-refractivity contribution in [1.82, 2.24) is 15.1 Å². The normalized spacial score (nSPS) is 10.5. The first-order chi connectivity index (χ1) is 13.6. The average Bonchev–Trinajstić information content (AvgIpc) is 3.15. The molecule has 0 atom stereocenters. The quantitative estimate of drug-likeness (QED) is 0.618. The molecule has 0 spiro atoms. The molecule has 1 aromatic heterocycles. The van der Waals surface area contributed by atoms with Crippen LogP contribution in [0.1, 0.15) is 28.5 Å². The third kappa shape index (κ3) is 4.78. The molecule has 0 radical (unpaired) electrons. The Morgan fingerprint density at radius 3 is 2.64 bits per heavy atom. The molecule has 0 aliphatic carbocycles. The molecule has 0 bridgehead atoms. The van der Waals surface area contributed by atoms with Crippen LogP contribution in [0.3, 0.4) is 0 Å². The van der Waals surface area contributed by atoms with E-state index in [1.54, 1.807) is 16.8 Å². The van der Waals surface area contributed by atoms with Crippen molar-refractivity contribution >= 4 is 23.5 Å². The summed E-state index contributed by atoms with van der Waals surface area (Å²) in [7, 11) is 0. The minimum absolute atomic E-state index is 0.169. The SMILES string of the molecule is CCc1c(C(=O)NCC(=O)OCc2ccccc2)cnn1-c1cccc(Cl)c1. The van der Waals surface area contributed by atoms with Gasteiger partial charge in [-0.3, -0.25) is 9.59 Å². The average molecular weight is 398 g/mol. The molecule has 2 aromatic carbocycles. The third-order valence-electron chi connectivity index (χ3n) is 4.14. The van der Waals surface area contributed by atoms with E-state index < -0.39 is 5.97 Å². The number of carbonyl (C=O) groups excluding carboxylic acids is 2. The number of amides is 1. The lowest BCUT2D eigenvalue weighted by Gasteiger charge is -2.09. The summed E-state index contributed by atoms with van der Waals surface area (Å²) < 4.78 is 6.84. The molecule has 1 amide bonds. The van der Waals surface area contributed by atoms with Crippen molar-refractivity contribution in [3.05, 3.63) is 82.6 Å². The van der Waals surface area contributed by atoms with Crippen LogP contribution >= 0.6 is 11.6 Å². The van der Waals surface area contributed by atoms with Crippen molar-refractivity contribution in [2.24, 2.45) is 0 Å². The summed E-state index contributed by atoms with van der Waals surface area (Å²) in [6.07, 6.45) is 2.08. The van der Waals surface area contributed by atoms with E-state index in [1.165, 1.54) is 6.20 Å². The molecule has 0 saturated carbocycles. The van der Waals surface area contributed by atoms with Crippen molar-refractivity contribution in [3.8, 4) is 5.69 Å². The Bertz CT molecular complexity index is 970. The molecular weight excluding hydrogens is 378 g/mol. The van der Waals surface area contributed by atoms with Crippen LogP contribution in [0.25, 0.3) is 5.69 Å². The molecule has 7 heteroatoms. The summed E-state index contributed by atoms with van der Waals surface area (Å²) in [5, 5.41) is 7.48. The summed E-state index contributed by atoms with van der Waals surface area (Å²) in [5.74, 6) is -0.876. The second-order valence-electron chi connectivity index (χ2n) is 6.08. The second-order valence-corrected chi connectivity index (χ2v) is 6.52. The maximum absolute atomic E-state index is 12.5. The predicted octanol–water partition coefficient (Wildman–Crippen LogP) is 3.56. The minimum atomic E-state index is -0.502. The van der Waals surface area contributed by atoms with Gasteiger partial charge in [0.25, 0.3) is 5.91 Å². The molecule has 0 aliphatic heterocycles. The fraction of sp³-hybridized carbons (Fsp3) is 0.190. The number of hydrogen-bond donors (Lipinski definition) is 1. The van der Waals surface area contributed by atoms with E-state index in [2.05, 4.69) is 10.4 Å². The number of halogens is 1. The van der Waals surface area contributed by atoms with Gasteiger partial charge >= 0.3 is 5.97 Å².